The zero-order valence-corrected chi connectivity index (χ0v) is 9.78. The number of pyridine rings is 1. The maximum Gasteiger partial charge on any atom is 0.153 e. The molecule has 0 saturated carbocycles. The third-order valence-electron chi connectivity index (χ3n) is 2.82. The van der Waals surface area contributed by atoms with E-state index < -0.39 is 15.4 Å². The van der Waals surface area contributed by atoms with Crippen LogP contribution >= 0.6 is 0 Å². The fourth-order valence-electron chi connectivity index (χ4n) is 2.15. The van der Waals surface area contributed by atoms with Crippen LogP contribution in [0.2, 0.25) is 0 Å². The van der Waals surface area contributed by atoms with Gasteiger partial charge in [0.1, 0.15) is 0 Å². The molecule has 0 radical (unpaired) electrons. The molecule has 1 aromatic heterocycles. The van der Waals surface area contributed by atoms with Crippen molar-refractivity contribution in [3.05, 3.63) is 30.1 Å². The number of hydrogen-bond acceptors (Lipinski definition) is 4. The third kappa shape index (κ3) is 2.80. The summed E-state index contributed by atoms with van der Waals surface area (Å²) in [4.78, 5) is 4.11. The van der Waals surface area contributed by atoms with Gasteiger partial charge in [-0.2, -0.15) is 0 Å². The van der Waals surface area contributed by atoms with Crippen molar-refractivity contribution in [1.29, 1.82) is 0 Å². The summed E-state index contributed by atoms with van der Waals surface area (Å²) >= 11 is 0. The van der Waals surface area contributed by atoms with E-state index in [4.69, 9.17) is 0 Å². The Kier molecular flexibility index (Phi) is 2.99. The first kappa shape index (κ1) is 11.5. The van der Waals surface area contributed by atoms with Gasteiger partial charge in [-0.25, -0.2) is 8.42 Å². The normalized spacial score (nSPS) is 28.8. The first-order valence-electron chi connectivity index (χ1n) is 5.32. The van der Waals surface area contributed by atoms with Crippen LogP contribution in [0.5, 0.6) is 0 Å². The molecular weight excluding hydrogens is 226 g/mol. The first-order valence-corrected chi connectivity index (χ1v) is 7.14. The van der Waals surface area contributed by atoms with Crippen molar-refractivity contribution in [3.63, 3.8) is 0 Å². The molecule has 1 atom stereocenters. The van der Waals surface area contributed by atoms with Gasteiger partial charge in [0.2, 0.25) is 0 Å². The monoisotopic (exact) mass is 241 g/mol. The molecular formula is C11H15NO3S. The van der Waals surface area contributed by atoms with Crippen LogP contribution in [-0.4, -0.2) is 35.6 Å². The van der Waals surface area contributed by atoms with E-state index in [0.717, 1.165) is 5.69 Å². The largest absolute Gasteiger partial charge is 0.388 e. The van der Waals surface area contributed by atoms with E-state index >= 15 is 0 Å². The van der Waals surface area contributed by atoms with Crippen molar-refractivity contribution in [2.24, 2.45) is 0 Å². The first-order chi connectivity index (χ1) is 7.49. The Morgan fingerprint density at radius 3 is 2.88 bits per heavy atom. The summed E-state index contributed by atoms with van der Waals surface area (Å²) in [5.74, 6) is 0.0497. The van der Waals surface area contributed by atoms with E-state index in [1.54, 1.807) is 18.3 Å². The van der Waals surface area contributed by atoms with Gasteiger partial charge in [0.25, 0.3) is 0 Å². The molecule has 16 heavy (non-hydrogen) atoms. The molecule has 0 aromatic carbocycles. The van der Waals surface area contributed by atoms with Gasteiger partial charge < -0.3 is 5.11 Å². The summed E-state index contributed by atoms with van der Waals surface area (Å²) < 4.78 is 23.0. The van der Waals surface area contributed by atoms with Crippen LogP contribution in [0.4, 0.5) is 0 Å². The second-order valence-corrected chi connectivity index (χ2v) is 6.60. The Bertz CT molecular complexity index is 457. The molecule has 1 saturated heterocycles. The van der Waals surface area contributed by atoms with Gasteiger partial charge in [0, 0.05) is 18.3 Å². The zero-order valence-electron chi connectivity index (χ0n) is 8.96. The van der Waals surface area contributed by atoms with Gasteiger partial charge >= 0.3 is 0 Å². The highest BCUT2D eigenvalue weighted by Crippen LogP contribution is 2.25. The van der Waals surface area contributed by atoms with Gasteiger partial charge in [0.05, 0.1) is 17.1 Å². The van der Waals surface area contributed by atoms with Crippen molar-refractivity contribution in [2.45, 2.75) is 24.9 Å². The molecule has 4 nitrogen and oxygen atoms in total. The molecule has 1 N–H and O–H groups in total. The highest BCUT2D eigenvalue weighted by atomic mass is 32.2. The molecule has 0 bridgehead atoms. The topological polar surface area (TPSA) is 67.3 Å². The molecule has 88 valence electrons. The minimum absolute atomic E-state index is 0.142. The standard InChI is InChI=1S/C11H15NO3S/c13-11(5-3-7-16(14,15)9-11)8-10-4-1-2-6-12-10/h1-2,4,6,13H,3,5,7-9H2. The van der Waals surface area contributed by atoms with Crippen LogP contribution in [0.3, 0.4) is 0 Å². The van der Waals surface area contributed by atoms with Crippen molar-refractivity contribution in [3.8, 4) is 0 Å². The second-order valence-electron chi connectivity index (χ2n) is 4.42. The highest BCUT2D eigenvalue weighted by molar-refractivity contribution is 7.91. The third-order valence-corrected chi connectivity index (χ3v) is 4.71. The Hall–Kier alpha value is -0.940. The maximum atomic E-state index is 11.5. The minimum Gasteiger partial charge on any atom is -0.388 e. The second kappa shape index (κ2) is 4.14. The SMILES string of the molecule is O=S1(=O)CCCC(O)(Cc2ccccn2)C1. The predicted molar refractivity (Wildman–Crippen MR) is 60.8 cm³/mol. The number of aromatic nitrogens is 1. The molecule has 1 unspecified atom stereocenters. The lowest BCUT2D eigenvalue weighted by molar-refractivity contribution is 0.0493. The van der Waals surface area contributed by atoms with Gasteiger partial charge in [-0.15, -0.1) is 0 Å². The summed E-state index contributed by atoms with van der Waals surface area (Å²) in [6.45, 7) is 0. The number of hydrogen-bond donors (Lipinski definition) is 1. The average Bonchev–Trinajstić information content (AvgIpc) is 2.16. The maximum absolute atomic E-state index is 11.5. The number of nitrogens with zero attached hydrogens (tertiary/aromatic N) is 1. The smallest absolute Gasteiger partial charge is 0.153 e. The lowest BCUT2D eigenvalue weighted by Gasteiger charge is -2.31. The van der Waals surface area contributed by atoms with Crippen molar-refractivity contribution >= 4 is 9.84 Å². The van der Waals surface area contributed by atoms with Crippen LogP contribution in [0, 0.1) is 0 Å². The average molecular weight is 241 g/mol. The van der Waals surface area contributed by atoms with E-state index in [2.05, 4.69) is 4.98 Å². The van der Waals surface area contributed by atoms with E-state index in [0.29, 0.717) is 19.3 Å². The van der Waals surface area contributed by atoms with Crippen LogP contribution in [0.1, 0.15) is 18.5 Å². The molecule has 0 aliphatic carbocycles. The Morgan fingerprint density at radius 1 is 1.44 bits per heavy atom. The molecule has 1 fully saturated rings. The summed E-state index contributed by atoms with van der Waals surface area (Å²) in [5.41, 5.74) is -0.395. The number of rotatable bonds is 2. The molecule has 1 aromatic rings. The zero-order chi connectivity index (χ0) is 11.6. The molecule has 0 amide bonds. The fraction of sp³-hybridized carbons (Fsp3) is 0.545. The summed E-state index contributed by atoms with van der Waals surface area (Å²) in [7, 11) is -3.09. The van der Waals surface area contributed by atoms with Crippen molar-refractivity contribution < 1.29 is 13.5 Å². The molecule has 5 heteroatoms. The lowest BCUT2D eigenvalue weighted by Crippen LogP contribution is -2.44. The van der Waals surface area contributed by atoms with Crippen LogP contribution < -0.4 is 0 Å². The Labute approximate surface area is 95.3 Å². The lowest BCUT2D eigenvalue weighted by atomic mass is 9.94. The summed E-state index contributed by atoms with van der Waals surface area (Å²) in [6.07, 6.45) is 3.03. The van der Waals surface area contributed by atoms with Crippen LogP contribution in [-0.2, 0) is 16.3 Å². The highest BCUT2D eigenvalue weighted by Gasteiger charge is 2.37. The summed E-state index contributed by atoms with van der Waals surface area (Å²) in [5, 5.41) is 10.2. The fourth-order valence-corrected chi connectivity index (χ4v) is 3.95. The molecule has 2 rings (SSSR count). The van der Waals surface area contributed by atoms with Gasteiger partial charge in [-0.1, -0.05) is 6.07 Å². The van der Waals surface area contributed by atoms with Crippen LogP contribution in [0.15, 0.2) is 24.4 Å². The van der Waals surface area contributed by atoms with Gasteiger partial charge in [-0.05, 0) is 25.0 Å². The number of aliphatic hydroxyl groups is 1. The Balaban J connectivity index is 2.14. The van der Waals surface area contributed by atoms with E-state index in [-0.39, 0.29) is 11.5 Å². The molecule has 0 spiro atoms. The van der Waals surface area contributed by atoms with E-state index in [1.807, 2.05) is 6.07 Å². The van der Waals surface area contributed by atoms with Crippen LogP contribution in [0.25, 0.3) is 0 Å². The van der Waals surface area contributed by atoms with Crippen molar-refractivity contribution in [2.75, 3.05) is 11.5 Å². The van der Waals surface area contributed by atoms with E-state index in [1.165, 1.54) is 0 Å². The predicted octanol–water partition coefficient (Wildman–Crippen LogP) is 0.564. The van der Waals surface area contributed by atoms with Gasteiger partial charge in [-0.3, -0.25) is 4.98 Å². The quantitative estimate of drug-likeness (QED) is 0.821. The molecule has 2 heterocycles. The van der Waals surface area contributed by atoms with Gasteiger partial charge in [0.15, 0.2) is 9.84 Å². The number of sulfone groups is 1. The minimum atomic E-state index is -3.09. The molecule has 1 aliphatic heterocycles. The van der Waals surface area contributed by atoms with Crippen molar-refractivity contribution in [1.82, 2.24) is 4.98 Å². The molecule has 1 aliphatic rings. The summed E-state index contributed by atoms with van der Waals surface area (Å²) in [6, 6.07) is 5.44. The Morgan fingerprint density at radius 2 is 2.25 bits per heavy atom. The van der Waals surface area contributed by atoms with E-state index in [9.17, 15) is 13.5 Å².